The Balaban J connectivity index is 1.40. The van der Waals surface area contributed by atoms with E-state index in [-0.39, 0.29) is 12.6 Å². The number of likely N-dealkylation sites (tertiary alicyclic amines) is 1. The van der Waals surface area contributed by atoms with Crippen molar-refractivity contribution in [1.82, 2.24) is 24.8 Å². The van der Waals surface area contributed by atoms with E-state index in [4.69, 9.17) is 4.74 Å². The van der Waals surface area contributed by atoms with Gasteiger partial charge in [-0.25, -0.2) is 8.91 Å². The first kappa shape index (κ1) is 26.0. The lowest BCUT2D eigenvalue weighted by atomic mass is 10.0. The molecule has 2 aliphatic rings. The number of anilines is 1. The molecule has 3 aromatic rings. The number of nitriles is 1. The molecule has 0 spiro atoms. The lowest BCUT2D eigenvalue weighted by molar-refractivity contribution is -0.0705. The normalized spacial score (nSPS) is 18.1. The van der Waals surface area contributed by atoms with Crippen LogP contribution in [0.25, 0.3) is 16.9 Å². The van der Waals surface area contributed by atoms with Crippen molar-refractivity contribution >= 4 is 17.1 Å². The van der Waals surface area contributed by atoms with Crippen LogP contribution in [-0.4, -0.2) is 87.2 Å². The molecular weight excluding hydrogens is 489 g/mol. The average Bonchev–Trinajstić information content (AvgIpc) is 3.29. The number of hydrogen-bond donors (Lipinski definition) is 3. The number of carbonyl (C=O) groups is 1. The second-order valence-electron chi connectivity index (χ2n) is 10.5. The third kappa shape index (κ3) is 5.48. The quantitative estimate of drug-likeness (QED) is 0.412. The van der Waals surface area contributed by atoms with Crippen molar-refractivity contribution in [2.75, 3.05) is 38.2 Å². The largest absolute Gasteiger partial charge is 0.387 e. The molecule has 200 valence electrons. The number of alkyl halides is 1. The molecule has 0 aromatic carbocycles. The number of ether oxygens (including phenoxy) is 1. The summed E-state index contributed by atoms with van der Waals surface area (Å²) in [5.74, 6) is -0.473. The molecule has 5 heterocycles. The minimum Gasteiger partial charge on any atom is -0.387 e. The van der Waals surface area contributed by atoms with E-state index in [9.17, 15) is 19.6 Å². The van der Waals surface area contributed by atoms with E-state index in [1.807, 2.05) is 18.2 Å². The number of nitrogens with zero attached hydrogens (tertiary/aromatic N) is 5. The zero-order chi connectivity index (χ0) is 26.9. The Morgan fingerprint density at radius 2 is 2.05 bits per heavy atom. The summed E-state index contributed by atoms with van der Waals surface area (Å²) in [6.07, 6.45) is 3.18. The minimum absolute atomic E-state index is 0.153. The van der Waals surface area contributed by atoms with Crippen LogP contribution in [0.1, 0.15) is 42.6 Å². The number of halogens is 1. The van der Waals surface area contributed by atoms with E-state index in [2.05, 4.69) is 31.7 Å². The fourth-order valence-corrected chi connectivity index (χ4v) is 4.74. The SMILES string of the molecule is CC(C)(O)[C@H](F)CNC(=O)c1cnc(-c2ccc3cc(C#N)cnn23)cc1NC1CCN(C2COC2)CC1. The topological polar surface area (TPSA) is 128 Å². The van der Waals surface area contributed by atoms with Gasteiger partial charge >= 0.3 is 0 Å². The highest BCUT2D eigenvalue weighted by Crippen LogP contribution is 2.28. The van der Waals surface area contributed by atoms with Crippen molar-refractivity contribution in [2.24, 2.45) is 0 Å². The molecule has 11 heteroatoms. The zero-order valence-electron chi connectivity index (χ0n) is 21.5. The second-order valence-corrected chi connectivity index (χ2v) is 10.5. The van der Waals surface area contributed by atoms with Crippen LogP contribution in [0.15, 0.2) is 36.7 Å². The number of hydrogen-bond acceptors (Lipinski definition) is 8. The van der Waals surface area contributed by atoms with Crippen LogP contribution in [0.5, 0.6) is 0 Å². The molecule has 3 aromatic heterocycles. The van der Waals surface area contributed by atoms with Gasteiger partial charge in [-0.1, -0.05) is 0 Å². The Morgan fingerprint density at radius 3 is 2.71 bits per heavy atom. The number of piperidine rings is 1. The van der Waals surface area contributed by atoms with Crippen molar-refractivity contribution < 1.29 is 19.0 Å². The first-order valence-electron chi connectivity index (χ1n) is 12.8. The van der Waals surface area contributed by atoms with Gasteiger partial charge in [-0.3, -0.25) is 14.7 Å². The number of rotatable bonds is 8. The third-order valence-corrected chi connectivity index (χ3v) is 7.27. The zero-order valence-corrected chi connectivity index (χ0v) is 21.5. The Morgan fingerprint density at radius 1 is 1.29 bits per heavy atom. The third-order valence-electron chi connectivity index (χ3n) is 7.27. The van der Waals surface area contributed by atoms with E-state index in [0.29, 0.717) is 34.2 Å². The van der Waals surface area contributed by atoms with Gasteiger partial charge in [0.05, 0.1) is 71.3 Å². The number of nitrogens with one attached hydrogen (secondary N) is 2. The van der Waals surface area contributed by atoms with Crippen LogP contribution in [0.3, 0.4) is 0 Å². The van der Waals surface area contributed by atoms with E-state index >= 15 is 0 Å². The van der Waals surface area contributed by atoms with E-state index < -0.39 is 17.7 Å². The maximum absolute atomic E-state index is 14.3. The van der Waals surface area contributed by atoms with Crippen LogP contribution in [0, 0.1) is 11.3 Å². The second kappa shape index (κ2) is 10.6. The van der Waals surface area contributed by atoms with Gasteiger partial charge in [0.25, 0.3) is 5.91 Å². The molecule has 2 fully saturated rings. The van der Waals surface area contributed by atoms with E-state index in [0.717, 1.165) is 44.7 Å². The summed E-state index contributed by atoms with van der Waals surface area (Å²) in [7, 11) is 0. The number of carbonyl (C=O) groups excluding carboxylic acids is 1. The molecule has 0 radical (unpaired) electrons. The van der Waals surface area contributed by atoms with Gasteiger partial charge in [0.1, 0.15) is 12.2 Å². The predicted octanol–water partition coefficient (Wildman–Crippen LogP) is 2.38. The lowest BCUT2D eigenvalue weighted by Gasteiger charge is -2.41. The summed E-state index contributed by atoms with van der Waals surface area (Å²) in [4.78, 5) is 20.1. The van der Waals surface area contributed by atoms with Gasteiger partial charge in [0, 0.05) is 25.3 Å². The molecule has 0 saturated carbocycles. The van der Waals surface area contributed by atoms with Crippen molar-refractivity contribution in [2.45, 2.75) is 50.5 Å². The van der Waals surface area contributed by atoms with Crippen LogP contribution < -0.4 is 10.6 Å². The van der Waals surface area contributed by atoms with Crippen molar-refractivity contribution in [3.8, 4) is 17.5 Å². The number of pyridine rings is 1. The number of amides is 1. The molecule has 0 unspecified atom stereocenters. The first-order chi connectivity index (χ1) is 18.2. The van der Waals surface area contributed by atoms with Gasteiger partial charge in [-0.15, -0.1) is 0 Å². The van der Waals surface area contributed by atoms with Crippen molar-refractivity contribution in [3.63, 3.8) is 0 Å². The van der Waals surface area contributed by atoms with Gasteiger partial charge in [0.2, 0.25) is 0 Å². The maximum Gasteiger partial charge on any atom is 0.255 e. The van der Waals surface area contributed by atoms with Gasteiger partial charge in [0.15, 0.2) is 0 Å². The van der Waals surface area contributed by atoms with E-state index in [1.54, 1.807) is 10.6 Å². The summed E-state index contributed by atoms with van der Waals surface area (Å²) >= 11 is 0. The van der Waals surface area contributed by atoms with Crippen LogP contribution in [0.2, 0.25) is 0 Å². The van der Waals surface area contributed by atoms with Gasteiger partial charge in [-0.05, 0) is 51.0 Å². The van der Waals surface area contributed by atoms with Crippen LogP contribution >= 0.6 is 0 Å². The molecule has 1 amide bonds. The molecule has 3 N–H and O–H groups in total. The first-order valence-corrected chi connectivity index (χ1v) is 12.8. The summed E-state index contributed by atoms with van der Waals surface area (Å²) in [6.45, 7) is 5.86. The number of fused-ring (bicyclic) bond motifs is 1. The van der Waals surface area contributed by atoms with Gasteiger partial charge < -0.3 is 20.5 Å². The van der Waals surface area contributed by atoms with Crippen LogP contribution in [0.4, 0.5) is 10.1 Å². The fraction of sp³-hybridized carbons (Fsp3) is 0.481. The summed E-state index contributed by atoms with van der Waals surface area (Å²) in [6, 6.07) is 10.0. The molecule has 1 atom stereocenters. The summed E-state index contributed by atoms with van der Waals surface area (Å²) < 4.78 is 21.3. The summed E-state index contributed by atoms with van der Waals surface area (Å²) in [5.41, 5.74) is 1.86. The molecular formula is C27H32FN7O3. The standard InChI is InChI=1S/C27H32FN7O3/c1-27(2,37)25(28)14-31-26(36)21-13-30-23(24-4-3-19-9-17(11-29)12-32-35(19)24)10-22(21)33-18-5-7-34(8-6-18)20-15-38-16-20/h3-4,9-10,12-13,18,20,25,37H,5-8,14-16H2,1-2H3,(H,30,33)(H,31,36)/t25-/m1/s1. The molecule has 2 saturated heterocycles. The van der Waals surface area contributed by atoms with Crippen LogP contribution in [-0.2, 0) is 4.74 Å². The molecule has 0 bridgehead atoms. The Kier molecular flexibility index (Phi) is 7.29. The van der Waals surface area contributed by atoms with Crippen molar-refractivity contribution in [1.29, 1.82) is 5.26 Å². The monoisotopic (exact) mass is 521 g/mol. The molecule has 38 heavy (non-hydrogen) atoms. The Bertz CT molecular complexity index is 1350. The van der Waals surface area contributed by atoms with Gasteiger partial charge in [-0.2, -0.15) is 10.4 Å². The highest BCUT2D eigenvalue weighted by Gasteiger charge is 2.31. The summed E-state index contributed by atoms with van der Waals surface area (Å²) in [5, 5.41) is 29.6. The smallest absolute Gasteiger partial charge is 0.255 e. The Hall–Kier alpha value is -3.59. The highest BCUT2D eigenvalue weighted by atomic mass is 19.1. The maximum atomic E-state index is 14.3. The molecule has 2 aliphatic heterocycles. The minimum atomic E-state index is -1.62. The highest BCUT2D eigenvalue weighted by molar-refractivity contribution is 6.00. The fourth-order valence-electron chi connectivity index (χ4n) is 4.74. The number of aromatic nitrogens is 3. The number of aliphatic hydroxyl groups is 1. The van der Waals surface area contributed by atoms with Crippen molar-refractivity contribution in [3.05, 3.63) is 47.8 Å². The van der Waals surface area contributed by atoms with E-state index in [1.165, 1.54) is 26.2 Å². The average molecular weight is 522 g/mol. The molecule has 5 rings (SSSR count). The predicted molar refractivity (Wildman–Crippen MR) is 139 cm³/mol. The Labute approximate surface area is 220 Å². The lowest BCUT2D eigenvalue weighted by Crippen LogP contribution is -2.53. The molecule has 10 nitrogen and oxygen atoms in total. The molecule has 0 aliphatic carbocycles.